The lowest BCUT2D eigenvalue weighted by molar-refractivity contribution is -0.140. The zero-order valence-electron chi connectivity index (χ0n) is 12.4. The van der Waals surface area contributed by atoms with Gasteiger partial charge < -0.3 is 10.5 Å². The molecule has 0 aliphatic heterocycles. The van der Waals surface area contributed by atoms with Gasteiger partial charge in [-0.05, 0) is 43.5 Å². The molecule has 0 aliphatic rings. The number of nitrogen functional groups attached to an aromatic ring is 1. The number of aryl methyl sites for hydroxylation is 1. The molecule has 0 aliphatic carbocycles. The summed E-state index contributed by atoms with van der Waals surface area (Å²) in [5.74, 6) is -0.619. The summed E-state index contributed by atoms with van der Waals surface area (Å²) in [6.45, 7) is 4.83. The molecule has 0 fully saturated rings. The van der Waals surface area contributed by atoms with Crippen molar-refractivity contribution in [2.45, 2.75) is 25.7 Å². The highest BCUT2D eigenvalue weighted by molar-refractivity contribution is 7.89. The number of ether oxygens (including phenoxy) is 1. The standard InChI is InChI=1S/C13H20N2O4S/c1-8-6-11(14)10(3)13(9(8)2)20(17,18)15(4)7-12(16)19-5/h6H,7,14H2,1-5H3. The molecule has 7 heteroatoms. The van der Waals surface area contributed by atoms with Gasteiger partial charge in [0.05, 0.1) is 12.0 Å². The second-order valence-electron chi connectivity index (χ2n) is 4.70. The van der Waals surface area contributed by atoms with Crippen molar-refractivity contribution in [3.05, 3.63) is 22.8 Å². The first-order chi connectivity index (χ1) is 9.12. The highest BCUT2D eigenvalue weighted by atomic mass is 32.2. The summed E-state index contributed by atoms with van der Waals surface area (Å²) in [6, 6.07) is 1.74. The van der Waals surface area contributed by atoms with Gasteiger partial charge in [0.1, 0.15) is 6.54 Å². The smallest absolute Gasteiger partial charge is 0.321 e. The first-order valence-electron chi connectivity index (χ1n) is 6.02. The van der Waals surface area contributed by atoms with E-state index in [-0.39, 0.29) is 11.4 Å². The van der Waals surface area contributed by atoms with Crippen molar-refractivity contribution in [2.24, 2.45) is 0 Å². The van der Waals surface area contributed by atoms with Crippen molar-refractivity contribution in [2.75, 3.05) is 26.4 Å². The van der Waals surface area contributed by atoms with Gasteiger partial charge >= 0.3 is 5.97 Å². The molecule has 1 aromatic carbocycles. The average molecular weight is 300 g/mol. The molecule has 0 spiro atoms. The predicted octanol–water partition coefficient (Wildman–Crippen LogP) is 0.988. The molecule has 0 radical (unpaired) electrons. The fraction of sp³-hybridized carbons (Fsp3) is 0.462. The lowest BCUT2D eigenvalue weighted by Gasteiger charge is -2.21. The molecule has 0 unspecified atom stereocenters. The van der Waals surface area contributed by atoms with Crippen LogP contribution in [0, 0.1) is 20.8 Å². The Balaban J connectivity index is 3.40. The summed E-state index contributed by atoms with van der Waals surface area (Å²) in [6.07, 6.45) is 0. The number of benzene rings is 1. The van der Waals surface area contributed by atoms with Gasteiger partial charge in [-0.25, -0.2) is 8.42 Å². The van der Waals surface area contributed by atoms with Crippen LogP contribution in [-0.2, 0) is 19.6 Å². The lowest BCUT2D eigenvalue weighted by atomic mass is 10.1. The van der Waals surface area contributed by atoms with E-state index in [1.165, 1.54) is 14.2 Å². The van der Waals surface area contributed by atoms with Crippen molar-refractivity contribution in [1.82, 2.24) is 4.31 Å². The fourth-order valence-electron chi connectivity index (χ4n) is 1.92. The van der Waals surface area contributed by atoms with E-state index in [1.54, 1.807) is 26.8 Å². The van der Waals surface area contributed by atoms with Crippen LogP contribution in [0.3, 0.4) is 0 Å². The zero-order valence-corrected chi connectivity index (χ0v) is 13.2. The summed E-state index contributed by atoms with van der Waals surface area (Å²) in [4.78, 5) is 11.4. The van der Waals surface area contributed by atoms with E-state index < -0.39 is 16.0 Å². The van der Waals surface area contributed by atoms with Crippen LogP contribution in [0.25, 0.3) is 0 Å². The van der Waals surface area contributed by atoms with Crippen LogP contribution in [0.2, 0.25) is 0 Å². The molecule has 0 amide bonds. The second kappa shape index (κ2) is 5.80. The van der Waals surface area contributed by atoms with Crippen LogP contribution >= 0.6 is 0 Å². The Morgan fingerprint density at radius 2 is 1.85 bits per heavy atom. The molecule has 112 valence electrons. The molecule has 1 rings (SSSR count). The predicted molar refractivity (Wildman–Crippen MR) is 76.9 cm³/mol. The van der Waals surface area contributed by atoms with E-state index >= 15 is 0 Å². The van der Waals surface area contributed by atoms with E-state index in [4.69, 9.17) is 5.73 Å². The molecule has 1 aromatic rings. The summed E-state index contributed by atoms with van der Waals surface area (Å²) in [7, 11) is -1.25. The number of nitrogens with two attached hydrogens (primary N) is 1. The van der Waals surface area contributed by atoms with Gasteiger partial charge in [-0.15, -0.1) is 0 Å². The Bertz CT molecular complexity index is 612. The van der Waals surface area contributed by atoms with Gasteiger partial charge in [-0.3, -0.25) is 4.79 Å². The lowest BCUT2D eigenvalue weighted by Crippen LogP contribution is -2.33. The maximum Gasteiger partial charge on any atom is 0.321 e. The van der Waals surface area contributed by atoms with Crippen molar-refractivity contribution in [3.8, 4) is 0 Å². The SMILES string of the molecule is COC(=O)CN(C)S(=O)(=O)c1c(C)c(C)cc(N)c1C. The Morgan fingerprint density at radius 3 is 2.35 bits per heavy atom. The maximum absolute atomic E-state index is 12.6. The van der Waals surface area contributed by atoms with E-state index in [9.17, 15) is 13.2 Å². The fourth-order valence-corrected chi connectivity index (χ4v) is 3.56. The monoisotopic (exact) mass is 300 g/mol. The van der Waals surface area contributed by atoms with Gasteiger partial charge in [0.2, 0.25) is 10.0 Å². The van der Waals surface area contributed by atoms with E-state index in [0.717, 1.165) is 9.87 Å². The van der Waals surface area contributed by atoms with Crippen molar-refractivity contribution in [3.63, 3.8) is 0 Å². The normalized spacial score (nSPS) is 11.7. The topological polar surface area (TPSA) is 89.7 Å². The summed E-state index contributed by atoms with van der Waals surface area (Å²) >= 11 is 0. The largest absolute Gasteiger partial charge is 0.468 e. The average Bonchev–Trinajstić information content (AvgIpc) is 2.36. The minimum atomic E-state index is -3.80. The molecule has 0 saturated heterocycles. The van der Waals surface area contributed by atoms with Crippen LogP contribution in [0.1, 0.15) is 16.7 Å². The van der Waals surface area contributed by atoms with Gasteiger partial charge in [0.25, 0.3) is 0 Å². The van der Waals surface area contributed by atoms with Gasteiger partial charge in [-0.1, -0.05) is 0 Å². The molecular formula is C13H20N2O4S. The molecular weight excluding hydrogens is 280 g/mol. The van der Waals surface area contributed by atoms with Crippen LogP contribution in [-0.4, -0.2) is 39.4 Å². The third-order valence-electron chi connectivity index (χ3n) is 3.33. The first-order valence-corrected chi connectivity index (χ1v) is 7.46. The second-order valence-corrected chi connectivity index (χ2v) is 6.68. The molecule has 2 N–H and O–H groups in total. The summed E-state index contributed by atoms with van der Waals surface area (Å²) in [5.41, 5.74) is 8.17. The van der Waals surface area contributed by atoms with Crippen LogP contribution in [0.15, 0.2) is 11.0 Å². The van der Waals surface area contributed by atoms with E-state index in [0.29, 0.717) is 16.8 Å². The van der Waals surface area contributed by atoms with Crippen LogP contribution < -0.4 is 5.73 Å². The number of sulfonamides is 1. The third kappa shape index (κ3) is 2.94. The number of methoxy groups -OCH3 is 1. The Kier molecular flexibility index (Phi) is 4.77. The van der Waals surface area contributed by atoms with Crippen molar-refractivity contribution in [1.29, 1.82) is 0 Å². The molecule has 20 heavy (non-hydrogen) atoms. The van der Waals surface area contributed by atoms with E-state index in [1.807, 2.05) is 0 Å². The quantitative estimate of drug-likeness (QED) is 0.661. The Morgan fingerprint density at radius 1 is 1.30 bits per heavy atom. The van der Waals surface area contributed by atoms with Gasteiger partial charge in [0.15, 0.2) is 0 Å². The van der Waals surface area contributed by atoms with Gasteiger partial charge in [0, 0.05) is 12.7 Å². The minimum absolute atomic E-state index is 0.154. The number of likely N-dealkylation sites (N-methyl/N-ethyl adjacent to an activating group) is 1. The number of rotatable bonds is 4. The summed E-state index contributed by atoms with van der Waals surface area (Å²) < 4.78 is 30.6. The number of esters is 1. The molecule has 0 atom stereocenters. The molecule has 0 bridgehead atoms. The van der Waals surface area contributed by atoms with Gasteiger partial charge in [-0.2, -0.15) is 4.31 Å². The molecule has 0 aromatic heterocycles. The Hall–Kier alpha value is -1.60. The number of anilines is 1. The van der Waals surface area contributed by atoms with Crippen molar-refractivity contribution >= 4 is 21.7 Å². The number of hydrogen-bond donors (Lipinski definition) is 1. The zero-order chi connectivity index (χ0) is 15.7. The Labute approximate surface area is 119 Å². The van der Waals surface area contributed by atoms with Crippen LogP contribution in [0.4, 0.5) is 5.69 Å². The molecule has 6 nitrogen and oxygen atoms in total. The maximum atomic E-state index is 12.6. The summed E-state index contributed by atoms with van der Waals surface area (Å²) in [5, 5.41) is 0. The molecule has 0 saturated carbocycles. The first kappa shape index (κ1) is 16.5. The third-order valence-corrected chi connectivity index (χ3v) is 5.40. The number of carbonyl (C=O) groups excluding carboxylic acids is 1. The van der Waals surface area contributed by atoms with Crippen molar-refractivity contribution < 1.29 is 17.9 Å². The number of carbonyl (C=O) groups is 1. The highest BCUT2D eigenvalue weighted by Crippen LogP contribution is 2.29. The molecule has 0 heterocycles. The number of hydrogen-bond acceptors (Lipinski definition) is 5. The number of nitrogens with zero attached hydrogens (tertiary/aromatic N) is 1. The van der Waals surface area contributed by atoms with E-state index in [2.05, 4.69) is 4.74 Å². The highest BCUT2D eigenvalue weighted by Gasteiger charge is 2.28. The van der Waals surface area contributed by atoms with Crippen LogP contribution in [0.5, 0.6) is 0 Å². The minimum Gasteiger partial charge on any atom is -0.468 e.